The minimum absolute atomic E-state index is 0.0490. The molecule has 0 aliphatic rings. The van der Waals surface area contributed by atoms with E-state index in [-0.39, 0.29) is 11.5 Å². The molecule has 1 rings (SSSR count). The van der Waals surface area contributed by atoms with E-state index in [1.165, 1.54) is 51.4 Å². The first-order valence-corrected chi connectivity index (χ1v) is 11.5. The summed E-state index contributed by atoms with van der Waals surface area (Å²) in [5.41, 5.74) is 2.93. The van der Waals surface area contributed by atoms with E-state index >= 15 is 0 Å². The number of aromatic hydroxyl groups is 2. The first-order chi connectivity index (χ1) is 13.0. The second-order valence-corrected chi connectivity index (χ2v) is 11.1. The predicted octanol–water partition coefficient (Wildman–Crippen LogP) is 8.18. The Hall–Kier alpha value is -1.18. The second kappa shape index (κ2) is 11.7. The molecule has 0 aliphatic heterocycles. The van der Waals surface area contributed by atoms with Gasteiger partial charge in [-0.15, -0.1) is 0 Å². The van der Waals surface area contributed by atoms with Crippen LogP contribution in [0.15, 0.2) is 12.1 Å². The number of benzene rings is 1. The molecule has 0 heterocycles. The quantitative estimate of drug-likeness (QED) is 0.279. The number of hydrogen-bond acceptors (Lipinski definition) is 2. The van der Waals surface area contributed by atoms with Crippen LogP contribution in [0.5, 0.6) is 11.5 Å². The van der Waals surface area contributed by atoms with E-state index in [9.17, 15) is 10.2 Å². The highest BCUT2D eigenvalue weighted by Crippen LogP contribution is 2.32. The highest BCUT2D eigenvalue weighted by atomic mass is 16.3. The lowest BCUT2D eigenvalue weighted by molar-refractivity contribution is 0.357. The molecule has 0 unspecified atom stereocenters. The second-order valence-electron chi connectivity index (χ2n) is 11.1. The Balaban J connectivity index is 2.36. The van der Waals surface area contributed by atoms with Crippen LogP contribution >= 0.6 is 0 Å². The van der Waals surface area contributed by atoms with Crippen molar-refractivity contribution in [2.45, 2.75) is 119 Å². The average molecular weight is 391 g/mol. The lowest BCUT2D eigenvalue weighted by Gasteiger charge is -2.17. The summed E-state index contributed by atoms with van der Waals surface area (Å²) in [6.07, 6.45) is 14.2. The van der Waals surface area contributed by atoms with E-state index in [4.69, 9.17) is 0 Å². The number of phenolic OH excluding ortho intramolecular Hbond substituents is 2. The van der Waals surface area contributed by atoms with Crippen molar-refractivity contribution < 1.29 is 10.2 Å². The molecular weight excluding hydrogens is 344 g/mol. The smallest absolute Gasteiger partial charge is 0.160 e. The molecule has 0 saturated carbocycles. The molecule has 0 fully saturated rings. The molecule has 0 spiro atoms. The molecule has 0 radical (unpaired) electrons. The summed E-state index contributed by atoms with van der Waals surface area (Å²) in [4.78, 5) is 0. The van der Waals surface area contributed by atoms with Crippen molar-refractivity contribution in [1.29, 1.82) is 0 Å². The number of hydrogen-bond donors (Lipinski definition) is 2. The molecule has 0 aliphatic carbocycles. The predicted molar refractivity (Wildman–Crippen MR) is 122 cm³/mol. The molecule has 0 aromatic heterocycles. The van der Waals surface area contributed by atoms with Gasteiger partial charge in [0.25, 0.3) is 0 Å². The summed E-state index contributed by atoms with van der Waals surface area (Å²) in [6.45, 7) is 13.8. The van der Waals surface area contributed by atoms with Gasteiger partial charge in [0.05, 0.1) is 0 Å². The Labute approximate surface area is 174 Å². The van der Waals surface area contributed by atoms with Crippen LogP contribution in [0.1, 0.15) is 117 Å². The van der Waals surface area contributed by atoms with Crippen LogP contribution in [0.3, 0.4) is 0 Å². The molecular formula is C26H46O2. The number of aryl methyl sites for hydroxylation is 2. The Morgan fingerprint density at radius 3 is 1.57 bits per heavy atom. The van der Waals surface area contributed by atoms with E-state index in [0.29, 0.717) is 10.8 Å². The van der Waals surface area contributed by atoms with Crippen molar-refractivity contribution in [3.63, 3.8) is 0 Å². The fourth-order valence-electron chi connectivity index (χ4n) is 3.74. The zero-order valence-corrected chi connectivity index (χ0v) is 19.5. The Morgan fingerprint density at radius 2 is 1.07 bits per heavy atom. The first-order valence-electron chi connectivity index (χ1n) is 11.5. The SMILES string of the molecule is CC(C)(C)CCCCCCc1cc(O)c(O)c(CCCCCCC(C)(C)C)c1. The molecule has 1 aromatic carbocycles. The van der Waals surface area contributed by atoms with Gasteiger partial charge in [0.15, 0.2) is 11.5 Å². The van der Waals surface area contributed by atoms with Crippen LogP contribution < -0.4 is 0 Å². The van der Waals surface area contributed by atoms with Gasteiger partial charge in [-0.2, -0.15) is 0 Å². The van der Waals surface area contributed by atoms with E-state index in [0.717, 1.165) is 36.8 Å². The summed E-state index contributed by atoms with van der Waals surface area (Å²) in [6, 6.07) is 3.86. The first kappa shape index (κ1) is 24.9. The van der Waals surface area contributed by atoms with E-state index < -0.39 is 0 Å². The summed E-state index contributed by atoms with van der Waals surface area (Å²) < 4.78 is 0. The van der Waals surface area contributed by atoms with E-state index in [1.807, 2.05) is 0 Å². The number of unbranched alkanes of at least 4 members (excludes halogenated alkanes) is 6. The van der Waals surface area contributed by atoms with Crippen LogP contribution in [-0.2, 0) is 12.8 Å². The Bertz CT molecular complexity index is 561. The van der Waals surface area contributed by atoms with Crippen molar-refractivity contribution in [3.8, 4) is 11.5 Å². The molecule has 28 heavy (non-hydrogen) atoms. The largest absolute Gasteiger partial charge is 0.504 e. The van der Waals surface area contributed by atoms with Gasteiger partial charge in [-0.05, 0) is 66.5 Å². The number of phenols is 2. The van der Waals surface area contributed by atoms with Crippen molar-refractivity contribution in [1.82, 2.24) is 0 Å². The molecule has 2 heteroatoms. The normalized spacial score (nSPS) is 12.5. The maximum Gasteiger partial charge on any atom is 0.160 e. The molecule has 1 aromatic rings. The van der Waals surface area contributed by atoms with Crippen molar-refractivity contribution in [2.24, 2.45) is 10.8 Å². The van der Waals surface area contributed by atoms with E-state index in [2.05, 4.69) is 47.6 Å². The summed E-state index contributed by atoms with van der Waals surface area (Å²) in [7, 11) is 0. The summed E-state index contributed by atoms with van der Waals surface area (Å²) >= 11 is 0. The topological polar surface area (TPSA) is 40.5 Å². The Kier molecular flexibility index (Phi) is 10.4. The molecule has 0 amide bonds. The van der Waals surface area contributed by atoms with Crippen LogP contribution in [0.25, 0.3) is 0 Å². The molecule has 162 valence electrons. The van der Waals surface area contributed by atoms with Gasteiger partial charge in [0.2, 0.25) is 0 Å². The lowest BCUT2D eigenvalue weighted by atomic mass is 9.89. The summed E-state index contributed by atoms with van der Waals surface area (Å²) in [5, 5.41) is 20.3. The van der Waals surface area contributed by atoms with Crippen LogP contribution in [-0.4, -0.2) is 10.2 Å². The maximum atomic E-state index is 10.2. The van der Waals surface area contributed by atoms with Gasteiger partial charge < -0.3 is 10.2 Å². The molecule has 0 bridgehead atoms. The third kappa shape index (κ3) is 11.6. The lowest BCUT2D eigenvalue weighted by Crippen LogP contribution is -2.04. The van der Waals surface area contributed by atoms with Gasteiger partial charge >= 0.3 is 0 Å². The van der Waals surface area contributed by atoms with Gasteiger partial charge in [-0.25, -0.2) is 0 Å². The van der Waals surface area contributed by atoms with Gasteiger partial charge in [0, 0.05) is 0 Å². The zero-order chi connectivity index (χ0) is 21.2. The molecule has 2 nitrogen and oxygen atoms in total. The summed E-state index contributed by atoms with van der Waals surface area (Å²) in [5.74, 6) is 0.136. The van der Waals surface area contributed by atoms with Crippen molar-refractivity contribution >= 4 is 0 Å². The Morgan fingerprint density at radius 1 is 0.607 bits per heavy atom. The van der Waals surface area contributed by atoms with Crippen LogP contribution in [0.2, 0.25) is 0 Å². The average Bonchev–Trinajstić information content (AvgIpc) is 2.56. The van der Waals surface area contributed by atoms with Crippen LogP contribution in [0.4, 0.5) is 0 Å². The van der Waals surface area contributed by atoms with Gasteiger partial charge in [0.1, 0.15) is 0 Å². The van der Waals surface area contributed by atoms with Gasteiger partial charge in [-0.1, -0.05) is 86.1 Å². The van der Waals surface area contributed by atoms with E-state index in [1.54, 1.807) is 6.07 Å². The highest BCUT2D eigenvalue weighted by molar-refractivity contribution is 5.47. The third-order valence-corrected chi connectivity index (χ3v) is 5.49. The zero-order valence-electron chi connectivity index (χ0n) is 19.5. The standard InChI is InChI=1S/C26H46O2/c1-25(2,3)17-13-9-7-11-15-21-19-22(24(28)23(27)20-21)16-12-8-10-14-18-26(4,5)6/h19-20,27-28H,7-18H2,1-6H3. The molecule has 0 saturated heterocycles. The third-order valence-electron chi connectivity index (χ3n) is 5.49. The highest BCUT2D eigenvalue weighted by Gasteiger charge is 2.11. The van der Waals surface area contributed by atoms with Crippen molar-refractivity contribution in [2.75, 3.05) is 0 Å². The molecule has 0 atom stereocenters. The minimum Gasteiger partial charge on any atom is -0.504 e. The fourth-order valence-corrected chi connectivity index (χ4v) is 3.74. The maximum absolute atomic E-state index is 10.2. The fraction of sp³-hybridized carbons (Fsp3) is 0.769. The molecule has 2 N–H and O–H groups in total. The van der Waals surface area contributed by atoms with Crippen LogP contribution in [0, 0.1) is 10.8 Å². The number of rotatable bonds is 12. The van der Waals surface area contributed by atoms with Gasteiger partial charge in [-0.3, -0.25) is 0 Å². The minimum atomic E-state index is 0.0490. The van der Waals surface area contributed by atoms with Crippen molar-refractivity contribution in [3.05, 3.63) is 23.3 Å². The monoisotopic (exact) mass is 390 g/mol.